The number of hydrogen-bond acceptors (Lipinski definition) is 5. The maximum atomic E-state index is 11.6. The molecule has 1 aliphatic rings. The van der Waals surface area contributed by atoms with Gasteiger partial charge in [0.2, 0.25) is 0 Å². The van der Waals surface area contributed by atoms with Gasteiger partial charge in [-0.25, -0.2) is 4.79 Å². The van der Waals surface area contributed by atoms with Crippen LogP contribution >= 0.6 is 23.4 Å². The molecule has 0 aliphatic carbocycles. The van der Waals surface area contributed by atoms with Gasteiger partial charge in [-0.3, -0.25) is 4.57 Å². The van der Waals surface area contributed by atoms with Crippen molar-refractivity contribution in [2.24, 2.45) is 0 Å². The zero-order valence-corrected chi connectivity index (χ0v) is 16.9. The van der Waals surface area contributed by atoms with Crippen molar-refractivity contribution < 1.29 is 9.53 Å². The minimum atomic E-state index is -0.248. The Morgan fingerprint density at radius 1 is 1.18 bits per heavy atom. The van der Waals surface area contributed by atoms with Gasteiger partial charge in [0.25, 0.3) is 0 Å². The van der Waals surface area contributed by atoms with Gasteiger partial charge >= 0.3 is 6.09 Å². The molecule has 1 saturated heterocycles. The molecule has 6 nitrogen and oxygen atoms in total. The smallest absolute Gasteiger partial charge is 0.409 e. The van der Waals surface area contributed by atoms with Crippen LogP contribution in [0.2, 0.25) is 5.02 Å². The Morgan fingerprint density at radius 3 is 2.71 bits per heavy atom. The van der Waals surface area contributed by atoms with Crippen LogP contribution in [0.5, 0.6) is 0 Å². The average molecular weight is 415 g/mol. The molecule has 1 fully saturated rings. The Bertz CT molecular complexity index is 990. The summed E-state index contributed by atoms with van der Waals surface area (Å²) in [5.74, 6) is 1.46. The maximum absolute atomic E-state index is 11.6. The SMILES string of the molecule is Cc1cccc(-n2c(SCCN3CCOC3=O)nnc2-c2ccc(Cl)cc2)c1. The molecule has 2 aromatic carbocycles. The summed E-state index contributed by atoms with van der Waals surface area (Å²) < 4.78 is 7.02. The fourth-order valence-electron chi connectivity index (χ4n) is 3.03. The summed E-state index contributed by atoms with van der Waals surface area (Å²) in [4.78, 5) is 13.3. The zero-order valence-electron chi connectivity index (χ0n) is 15.3. The van der Waals surface area contributed by atoms with Crippen LogP contribution in [0.3, 0.4) is 0 Å². The van der Waals surface area contributed by atoms with Gasteiger partial charge in [-0.1, -0.05) is 35.5 Å². The molecular formula is C20H19ClN4O2S. The van der Waals surface area contributed by atoms with Gasteiger partial charge in [0.15, 0.2) is 11.0 Å². The second kappa shape index (κ2) is 8.24. The summed E-state index contributed by atoms with van der Waals surface area (Å²) in [5, 5.41) is 10.3. The van der Waals surface area contributed by atoms with E-state index in [1.54, 1.807) is 16.7 Å². The highest BCUT2D eigenvalue weighted by Crippen LogP contribution is 2.29. The molecule has 1 aliphatic heterocycles. The number of benzene rings is 2. The van der Waals surface area contributed by atoms with Gasteiger partial charge in [-0.2, -0.15) is 0 Å². The van der Waals surface area contributed by atoms with Crippen molar-refractivity contribution in [1.29, 1.82) is 0 Å². The van der Waals surface area contributed by atoms with Crippen molar-refractivity contribution in [2.75, 3.05) is 25.4 Å². The highest BCUT2D eigenvalue weighted by Gasteiger charge is 2.22. The molecule has 8 heteroatoms. The number of ether oxygens (including phenoxy) is 1. The lowest BCUT2D eigenvalue weighted by molar-refractivity contribution is 0.160. The number of halogens is 1. The first-order chi connectivity index (χ1) is 13.6. The fraction of sp³-hybridized carbons (Fsp3) is 0.250. The third-order valence-corrected chi connectivity index (χ3v) is 5.59. The molecule has 0 spiro atoms. The molecule has 1 amide bonds. The molecule has 28 heavy (non-hydrogen) atoms. The molecule has 0 N–H and O–H groups in total. The van der Waals surface area contributed by atoms with Crippen LogP contribution in [0.4, 0.5) is 4.79 Å². The number of carbonyl (C=O) groups excluding carboxylic acids is 1. The second-order valence-electron chi connectivity index (χ2n) is 6.44. The Hall–Kier alpha value is -2.51. The first-order valence-corrected chi connectivity index (χ1v) is 10.3. The number of nitrogens with zero attached hydrogens (tertiary/aromatic N) is 4. The topological polar surface area (TPSA) is 60.2 Å². The van der Waals surface area contributed by atoms with Gasteiger partial charge in [0.1, 0.15) is 6.61 Å². The third-order valence-electron chi connectivity index (χ3n) is 4.43. The van der Waals surface area contributed by atoms with Crippen LogP contribution in [0.1, 0.15) is 5.56 Å². The predicted octanol–water partition coefficient (Wildman–Crippen LogP) is 4.44. The summed E-state index contributed by atoms with van der Waals surface area (Å²) in [6.45, 7) is 3.77. The van der Waals surface area contributed by atoms with Crippen LogP contribution in [-0.2, 0) is 4.74 Å². The normalized spacial score (nSPS) is 13.8. The lowest BCUT2D eigenvalue weighted by Gasteiger charge is -2.13. The quantitative estimate of drug-likeness (QED) is 0.558. The number of amides is 1. The lowest BCUT2D eigenvalue weighted by atomic mass is 10.2. The Labute approximate surface area is 172 Å². The monoisotopic (exact) mass is 414 g/mol. The second-order valence-corrected chi connectivity index (χ2v) is 7.94. The van der Waals surface area contributed by atoms with Crippen molar-refractivity contribution in [3.8, 4) is 17.1 Å². The van der Waals surface area contributed by atoms with E-state index in [1.165, 1.54) is 0 Å². The van der Waals surface area contributed by atoms with Crippen LogP contribution in [0.15, 0.2) is 53.7 Å². The van der Waals surface area contributed by atoms with E-state index in [1.807, 2.05) is 41.0 Å². The van der Waals surface area contributed by atoms with Gasteiger partial charge in [0.05, 0.1) is 6.54 Å². The number of aromatic nitrogens is 3. The van der Waals surface area contributed by atoms with Crippen molar-refractivity contribution in [3.63, 3.8) is 0 Å². The number of rotatable bonds is 6. The highest BCUT2D eigenvalue weighted by atomic mass is 35.5. The molecule has 0 unspecified atom stereocenters. The van der Waals surface area contributed by atoms with Crippen LogP contribution < -0.4 is 0 Å². The highest BCUT2D eigenvalue weighted by molar-refractivity contribution is 7.99. The van der Waals surface area contributed by atoms with E-state index < -0.39 is 0 Å². The van der Waals surface area contributed by atoms with Crippen LogP contribution in [0, 0.1) is 6.92 Å². The fourth-order valence-corrected chi connectivity index (χ4v) is 4.06. The number of hydrogen-bond donors (Lipinski definition) is 0. The van der Waals surface area contributed by atoms with Gasteiger partial charge in [-0.15, -0.1) is 10.2 Å². The number of cyclic esters (lactones) is 1. The van der Waals surface area contributed by atoms with Gasteiger partial charge in [-0.05, 0) is 48.9 Å². The van der Waals surface area contributed by atoms with Crippen molar-refractivity contribution in [3.05, 3.63) is 59.1 Å². The summed E-state index contributed by atoms with van der Waals surface area (Å²) >= 11 is 7.60. The lowest BCUT2D eigenvalue weighted by Crippen LogP contribution is -2.26. The zero-order chi connectivity index (χ0) is 19.5. The molecule has 144 valence electrons. The van der Waals surface area contributed by atoms with Crippen molar-refractivity contribution in [1.82, 2.24) is 19.7 Å². The number of aryl methyl sites for hydroxylation is 1. The predicted molar refractivity (Wildman–Crippen MR) is 110 cm³/mol. The van der Waals surface area contributed by atoms with Crippen LogP contribution in [-0.4, -0.2) is 51.2 Å². The number of carbonyl (C=O) groups is 1. The van der Waals surface area contributed by atoms with Gasteiger partial charge < -0.3 is 9.64 Å². The summed E-state index contributed by atoms with van der Waals surface area (Å²) in [7, 11) is 0. The van der Waals surface area contributed by atoms with E-state index in [-0.39, 0.29) is 6.09 Å². The van der Waals surface area contributed by atoms with Gasteiger partial charge in [0, 0.05) is 28.6 Å². The Morgan fingerprint density at radius 2 is 2.00 bits per heavy atom. The molecule has 4 rings (SSSR count). The summed E-state index contributed by atoms with van der Waals surface area (Å²) in [5.41, 5.74) is 3.09. The standard InChI is InChI=1S/C20H19ClN4O2S/c1-14-3-2-4-17(13-14)25-18(15-5-7-16(21)8-6-15)22-23-19(25)28-12-10-24-9-11-27-20(24)26/h2-8,13H,9-12H2,1H3. The van der Waals surface area contributed by atoms with Crippen molar-refractivity contribution >= 4 is 29.5 Å². The van der Waals surface area contributed by atoms with E-state index in [4.69, 9.17) is 16.3 Å². The molecule has 0 bridgehead atoms. The molecule has 0 radical (unpaired) electrons. The third kappa shape index (κ3) is 4.00. The molecule has 2 heterocycles. The van der Waals surface area contributed by atoms with Crippen LogP contribution in [0.25, 0.3) is 17.1 Å². The molecule has 0 atom stereocenters. The molecular weight excluding hydrogens is 396 g/mol. The number of thioether (sulfide) groups is 1. The summed E-state index contributed by atoms with van der Waals surface area (Å²) in [6, 6.07) is 15.8. The average Bonchev–Trinajstić information content (AvgIpc) is 3.29. The minimum absolute atomic E-state index is 0.248. The van der Waals surface area contributed by atoms with E-state index >= 15 is 0 Å². The molecule has 3 aromatic rings. The maximum Gasteiger partial charge on any atom is 0.409 e. The largest absolute Gasteiger partial charge is 0.448 e. The molecule has 0 saturated carbocycles. The minimum Gasteiger partial charge on any atom is -0.448 e. The summed E-state index contributed by atoms with van der Waals surface area (Å²) in [6.07, 6.45) is -0.248. The first kappa shape index (κ1) is 18.8. The van der Waals surface area contributed by atoms with Crippen molar-refractivity contribution in [2.45, 2.75) is 12.1 Å². The van der Waals surface area contributed by atoms with E-state index in [0.717, 1.165) is 27.8 Å². The first-order valence-electron chi connectivity index (χ1n) is 8.95. The Balaban J connectivity index is 1.64. The van der Waals surface area contributed by atoms with E-state index in [2.05, 4.69) is 29.3 Å². The van der Waals surface area contributed by atoms with E-state index in [0.29, 0.717) is 30.5 Å². The molecule has 1 aromatic heterocycles. The van der Waals surface area contributed by atoms with E-state index in [9.17, 15) is 4.79 Å². The Kier molecular flexibility index (Phi) is 5.54.